The van der Waals surface area contributed by atoms with Crippen molar-refractivity contribution in [2.75, 3.05) is 0 Å². The van der Waals surface area contributed by atoms with Gasteiger partial charge < -0.3 is 15.2 Å². The zero-order valence-corrected chi connectivity index (χ0v) is 14.1. The highest BCUT2D eigenvalue weighted by molar-refractivity contribution is 5.80. The van der Waals surface area contributed by atoms with Gasteiger partial charge in [0.25, 0.3) is 0 Å². The van der Waals surface area contributed by atoms with Crippen LogP contribution >= 0.6 is 0 Å². The maximum absolute atomic E-state index is 11.8. The Morgan fingerprint density at radius 2 is 2.04 bits per heavy atom. The SMILES string of the molecule is CC(C)(C)OC(=O)N[C@@H](CCc1ccc2ncccc2c1)C(=O)O. The number of amides is 1. The second-order valence-electron chi connectivity index (χ2n) is 6.61. The lowest BCUT2D eigenvalue weighted by Crippen LogP contribution is -2.43. The van der Waals surface area contributed by atoms with Crippen LogP contribution in [0.25, 0.3) is 10.9 Å². The molecule has 0 bridgehead atoms. The van der Waals surface area contributed by atoms with Crippen LogP contribution in [0, 0.1) is 0 Å². The van der Waals surface area contributed by atoms with Crippen LogP contribution in [-0.2, 0) is 16.0 Å². The molecule has 0 radical (unpaired) electrons. The van der Waals surface area contributed by atoms with E-state index in [0.29, 0.717) is 6.42 Å². The number of carboxylic acids is 1. The molecule has 6 heteroatoms. The molecule has 0 fully saturated rings. The van der Waals surface area contributed by atoms with Gasteiger partial charge in [-0.1, -0.05) is 12.1 Å². The molecular formula is C18H22N2O4. The Morgan fingerprint density at radius 1 is 1.29 bits per heavy atom. The molecule has 1 amide bonds. The summed E-state index contributed by atoms with van der Waals surface area (Å²) in [4.78, 5) is 27.4. The smallest absolute Gasteiger partial charge is 0.408 e. The van der Waals surface area contributed by atoms with Gasteiger partial charge in [0.05, 0.1) is 5.52 Å². The van der Waals surface area contributed by atoms with E-state index in [0.717, 1.165) is 16.5 Å². The largest absolute Gasteiger partial charge is 0.480 e. The number of carboxylic acid groups (broad SMARTS) is 1. The average Bonchev–Trinajstić information content (AvgIpc) is 2.49. The fourth-order valence-corrected chi connectivity index (χ4v) is 2.30. The van der Waals surface area contributed by atoms with Crippen LogP contribution in [0.4, 0.5) is 4.79 Å². The van der Waals surface area contributed by atoms with Crippen LogP contribution in [0.3, 0.4) is 0 Å². The summed E-state index contributed by atoms with van der Waals surface area (Å²) in [6.45, 7) is 5.18. The van der Waals surface area contributed by atoms with E-state index in [2.05, 4.69) is 10.3 Å². The van der Waals surface area contributed by atoms with Crippen molar-refractivity contribution in [1.29, 1.82) is 0 Å². The molecule has 0 aliphatic carbocycles. The molecule has 128 valence electrons. The number of fused-ring (bicyclic) bond motifs is 1. The van der Waals surface area contributed by atoms with Gasteiger partial charge in [0.1, 0.15) is 11.6 Å². The lowest BCUT2D eigenvalue weighted by atomic mass is 10.0. The van der Waals surface area contributed by atoms with Gasteiger partial charge in [0.15, 0.2) is 0 Å². The van der Waals surface area contributed by atoms with E-state index in [4.69, 9.17) is 4.74 Å². The summed E-state index contributed by atoms with van der Waals surface area (Å²) >= 11 is 0. The molecule has 2 N–H and O–H groups in total. The van der Waals surface area contributed by atoms with Gasteiger partial charge in [-0.15, -0.1) is 0 Å². The summed E-state index contributed by atoms with van der Waals surface area (Å²) in [6.07, 6.45) is 1.81. The molecule has 2 rings (SSSR count). The number of hydrogen-bond donors (Lipinski definition) is 2. The van der Waals surface area contributed by atoms with Crippen LogP contribution in [0.5, 0.6) is 0 Å². The number of aromatic nitrogens is 1. The number of nitrogens with zero attached hydrogens (tertiary/aromatic N) is 1. The summed E-state index contributed by atoms with van der Waals surface area (Å²) < 4.78 is 5.11. The van der Waals surface area contributed by atoms with Gasteiger partial charge in [-0.05, 0) is 57.4 Å². The third-order valence-electron chi connectivity index (χ3n) is 3.38. The molecule has 2 aromatic rings. The molecule has 0 unspecified atom stereocenters. The number of nitrogens with one attached hydrogen (secondary N) is 1. The number of rotatable bonds is 5. The van der Waals surface area contributed by atoms with Crippen LogP contribution in [-0.4, -0.2) is 33.8 Å². The predicted molar refractivity (Wildman–Crippen MR) is 90.9 cm³/mol. The fraction of sp³-hybridized carbons (Fsp3) is 0.389. The van der Waals surface area contributed by atoms with Crippen LogP contribution in [0.15, 0.2) is 36.5 Å². The highest BCUT2D eigenvalue weighted by Gasteiger charge is 2.23. The van der Waals surface area contributed by atoms with Crippen molar-refractivity contribution in [3.63, 3.8) is 0 Å². The highest BCUT2D eigenvalue weighted by Crippen LogP contribution is 2.15. The lowest BCUT2D eigenvalue weighted by Gasteiger charge is -2.22. The zero-order valence-electron chi connectivity index (χ0n) is 14.1. The maximum Gasteiger partial charge on any atom is 0.408 e. The molecule has 0 aliphatic rings. The number of pyridine rings is 1. The second-order valence-corrected chi connectivity index (χ2v) is 6.61. The Labute approximate surface area is 140 Å². The number of hydrogen-bond acceptors (Lipinski definition) is 4. The summed E-state index contributed by atoms with van der Waals surface area (Å²) in [7, 11) is 0. The number of benzene rings is 1. The molecule has 0 spiro atoms. The van der Waals surface area contributed by atoms with E-state index in [-0.39, 0.29) is 6.42 Å². The molecule has 0 saturated heterocycles. The Kier molecular flexibility index (Phi) is 5.39. The standard InChI is InChI=1S/C18H22N2O4/c1-18(2,3)24-17(23)20-15(16(21)22)9-7-12-6-8-14-13(11-12)5-4-10-19-14/h4-6,8,10-11,15H,7,9H2,1-3H3,(H,20,23)(H,21,22)/t15-/m0/s1. The van der Waals surface area contributed by atoms with E-state index in [1.807, 2.05) is 30.3 Å². The molecule has 1 aromatic carbocycles. The average molecular weight is 330 g/mol. The quantitative estimate of drug-likeness (QED) is 0.879. The van der Waals surface area contributed by atoms with E-state index in [9.17, 15) is 14.7 Å². The monoisotopic (exact) mass is 330 g/mol. The predicted octanol–water partition coefficient (Wildman–Crippen LogP) is 3.15. The van der Waals surface area contributed by atoms with Gasteiger partial charge in [-0.25, -0.2) is 9.59 Å². The van der Waals surface area contributed by atoms with Crippen molar-refractivity contribution >= 4 is 23.0 Å². The number of ether oxygens (including phenoxy) is 1. The van der Waals surface area contributed by atoms with Gasteiger partial charge in [-0.2, -0.15) is 0 Å². The van der Waals surface area contributed by atoms with E-state index >= 15 is 0 Å². The molecule has 1 heterocycles. The van der Waals surface area contributed by atoms with Crippen molar-refractivity contribution in [1.82, 2.24) is 10.3 Å². The number of aryl methyl sites for hydroxylation is 1. The minimum absolute atomic E-state index is 0.278. The van der Waals surface area contributed by atoms with E-state index in [1.54, 1.807) is 27.0 Å². The first-order chi connectivity index (χ1) is 11.2. The normalized spacial score (nSPS) is 12.6. The molecule has 24 heavy (non-hydrogen) atoms. The van der Waals surface area contributed by atoms with Crippen molar-refractivity contribution in [3.8, 4) is 0 Å². The summed E-state index contributed by atoms with van der Waals surface area (Å²) in [5.41, 5.74) is 1.22. The number of alkyl carbamates (subject to hydrolysis) is 1. The highest BCUT2D eigenvalue weighted by atomic mass is 16.6. The van der Waals surface area contributed by atoms with Crippen molar-refractivity contribution in [2.45, 2.75) is 45.3 Å². The van der Waals surface area contributed by atoms with Gasteiger partial charge >= 0.3 is 12.1 Å². The Bertz CT molecular complexity index is 737. The number of carbonyl (C=O) groups excluding carboxylic acids is 1. The second kappa shape index (κ2) is 7.29. The number of aliphatic carboxylic acids is 1. The number of carbonyl (C=O) groups is 2. The van der Waals surface area contributed by atoms with Crippen molar-refractivity contribution in [3.05, 3.63) is 42.1 Å². The topological polar surface area (TPSA) is 88.5 Å². The van der Waals surface area contributed by atoms with Crippen molar-refractivity contribution < 1.29 is 19.4 Å². The Hall–Kier alpha value is -2.63. The van der Waals surface area contributed by atoms with Crippen molar-refractivity contribution in [2.24, 2.45) is 0 Å². The zero-order chi connectivity index (χ0) is 17.7. The maximum atomic E-state index is 11.8. The van der Waals surface area contributed by atoms with Gasteiger partial charge in [0.2, 0.25) is 0 Å². The summed E-state index contributed by atoms with van der Waals surface area (Å²) in [5, 5.41) is 12.7. The first-order valence-corrected chi connectivity index (χ1v) is 7.80. The van der Waals surface area contributed by atoms with Crippen LogP contribution < -0.4 is 5.32 Å². The van der Waals surface area contributed by atoms with Crippen LogP contribution in [0.1, 0.15) is 32.8 Å². The molecule has 1 atom stereocenters. The van der Waals surface area contributed by atoms with E-state index < -0.39 is 23.7 Å². The molecule has 1 aromatic heterocycles. The van der Waals surface area contributed by atoms with Gasteiger partial charge in [-0.3, -0.25) is 4.98 Å². The van der Waals surface area contributed by atoms with E-state index in [1.165, 1.54) is 0 Å². The summed E-state index contributed by atoms with van der Waals surface area (Å²) in [6, 6.07) is 8.62. The minimum atomic E-state index is -1.08. The Balaban J connectivity index is 1.99. The molecule has 6 nitrogen and oxygen atoms in total. The Morgan fingerprint density at radius 3 is 2.71 bits per heavy atom. The first-order valence-electron chi connectivity index (χ1n) is 7.80. The van der Waals surface area contributed by atoms with Gasteiger partial charge in [0, 0.05) is 11.6 Å². The lowest BCUT2D eigenvalue weighted by molar-refractivity contribution is -0.139. The third kappa shape index (κ3) is 5.22. The molecule has 0 saturated carbocycles. The van der Waals surface area contributed by atoms with Crippen LogP contribution in [0.2, 0.25) is 0 Å². The molecular weight excluding hydrogens is 308 g/mol. The minimum Gasteiger partial charge on any atom is -0.480 e. The summed E-state index contributed by atoms with van der Waals surface area (Å²) in [5.74, 6) is -1.08. The fourth-order valence-electron chi connectivity index (χ4n) is 2.30. The third-order valence-corrected chi connectivity index (χ3v) is 3.38. The first kappa shape index (κ1) is 17.7. The molecule has 0 aliphatic heterocycles.